The third-order valence-electron chi connectivity index (χ3n) is 5.70. The molecule has 0 bridgehead atoms. The summed E-state index contributed by atoms with van der Waals surface area (Å²) in [6.45, 7) is 0. The van der Waals surface area contributed by atoms with Crippen LogP contribution in [0.2, 0.25) is 0 Å². The molecule has 0 spiro atoms. The van der Waals surface area contributed by atoms with E-state index in [1.165, 1.54) is 12.1 Å². The van der Waals surface area contributed by atoms with Gasteiger partial charge < -0.3 is 74.6 Å². The van der Waals surface area contributed by atoms with Gasteiger partial charge in [0, 0.05) is 46.3 Å². The Morgan fingerprint density at radius 2 is 0.640 bits per heavy atom. The first-order valence-electron chi connectivity index (χ1n) is 11.7. The number of carbonyl (C=O) groups is 2. The number of nitrogens with zero attached hydrogens (tertiary/aromatic N) is 4. The van der Waals surface area contributed by atoms with Crippen molar-refractivity contribution in [2.24, 2.45) is 0 Å². The minimum atomic E-state index is -1.37. The monoisotopic (exact) mass is 767 g/mol. The first-order valence-corrected chi connectivity index (χ1v) is 12.5. The fraction of sp³-hybridized carbons (Fsp3) is 0. The van der Waals surface area contributed by atoms with Crippen molar-refractivity contribution in [2.45, 2.75) is 0 Å². The van der Waals surface area contributed by atoms with Gasteiger partial charge >= 0.3 is 17.1 Å². The van der Waals surface area contributed by atoms with Crippen LogP contribution in [-0.2, 0) is 28.0 Å². The van der Waals surface area contributed by atoms with Gasteiger partial charge in [-0.3, -0.25) is 19.9 Å². The molecule has 0 amide bonds. The van der Waals surface area contributed by atoms with Gasteiger partial charge in [-0.1, -0.05) is 48.5 Å². The average Bonchev–Trinajstić information content (AvgIpc) is 3.49. The van der Waals surface area contributed by atoms with Crippen LogP contribution < -0.4 is 10.2 Å². The van der Waals surface area contributed by atoms with E-state index in [2.05, 4.69) is 68.5 Å². The van der Waals surface area contributed by atoms with Crippen molar-refractivity contribution in [1.29, 1.82) is 0 Å². The summed E-state index contributed by atoms with van der Waals surface area (Å²) in [6, 6.07) is 26.6. The number of carbonyl (C=O) groups excluding carboxylic acids is 2. The smallest absolute Gasteiger partial charge is 0.544 e. The molecule has 0 atom stereocenters. The second-order valence-corrected chi connectivity index (χ2v) is 9.25. The van der Waals surface area contributed by atoms with Crippen LogP contribution in [0.5, 0.6) is 0 Å². The summed E-state index contributed by atoms with van der Waals surface area (Å²) in [6.07, 6.45) is 7.21. The minimum absolute atomic E-state index is 0. The molecule has 0 fully saturated rings. The van der Waals surface area contributed by atoms with Crippen molar-refractivity contribution in [3.05, 3.63) is 119 Å². The molecule has 0 aliphatic carbocycles. The van der Waals surface area contributed by atoms with Crippen molar-refractivity contribution >= 4 is 66.9 Å². The summed E-state index contributed by atoms with van der Waals surface area (Å²) in [5, 5.41) is 24.8. The predicted molar refractivity (Wildman–Crippen MR) is 186 cm³/mol. The molecule has 0 aliphatic rings. The van der Waals surface area contributed by atoms with Crippen LogP contribution in [0.15, 0.2) is 110 Å². The zero-order valence-electron chi connectivity index (χ0n) is 25.8. The number of benzene rings is 2. The summed E-state index contributed by atoms with van der Waals surface area (Å²) < 4.78 is 0. The van der Waals surface area contributed by atoms with E-state index in [1.54, 1.807) is 24.8 Å². The normalized spacial score (nSPS) is 8.16. The van der Waals surface area contributed by atoms with Crippen LogP contribution in [-0.4, -0.2) is 75.7 Å². The molecule has 20 heteroatoms. The first kappa shape index (κ1) is 60.2. The molecule has 7 aromatic rings. The largest absolute Gasteiger partial charge is 2.00 e. The van der Waals surface area contributed by atoms with Gasteiger partial charge in [0.05, 0.1) is 43.8 Å². The van der Waals surface area contributed by atoms with Gasteiger partial charge in [-0.15, -0.1) is 11.3 Å². The number of rotatable bonds is 2. The molecule has 18 nitrogen and oxygen atoms in total. The Kier molecular flexibility index (Phi) is 33.4. The Hall–Kier alpha value is -5.16. The van der Waals surface area contributed by atoms with Gasteiger partial charge in [-0.2, -0.15) is 0 Å². The SMILES string of the molecule is O.O.O.O.O.O.O.O.O=C([O-])c1ccc(C(=O)[O-])s1.[Mn+2].[OH3+].[OH3+].c1cnc2c(c1)ccc1cccnc12.c1cnc2c(c1)ccc1cccnc12. The molecule has 0 unspecified atom stereocenters. The summed E-state index contributed by atoms with van der Waals surface area (Å²) >= 11 is 0.625. The van der Waals surface area contributed by atoms with E-state index in [4.69, 9.17) is 0 Å². The number of carboxylic acids is 2. The zero-order chi connectivity index (χ0) is 27.2. The summed E-state index contributed by atoms with van der Waals surface area (Å²) in [7, 11) is 0. The van der Waals surface area contributed by atoms with Crippen LogP contribution in [0.1, 0.15) is 19.3 Å². The molecule has 5 aromatic heterocycles. The Morgan fingerprint density at radius 3 is 0.820 bits per heavy atom. The molecular weight excluding hydrogens is 727 g/mol. The maximum atomic E-state index is 10.1. The number of aromatic carboxylic acids is 2. The van der Waals surface area contributed by atoms with Crippen molar-refractivity contribution in [3.8, 4) is 0 Å². The second kappa shape index (κ2) is 27.8. The van der Waals surface area contributed by atoms with Gasteiger partial charge in [-0.05, 0) is 36.4 Å². The molecule has 2 aromatic carbocycles. The van der Waals surface area contributed by atoms with E-state index < -0.39 is 11.9 Å². The second-order valence-electron chi connectivity index (χ2n) is 8.17. The third kappa shape index (κ3) is 13.8. The molecule has 0 saturated carbocycles. The van der Waals surface area contributed by atoms with Crippen LogP contribution in [0.25, 0.3) is 43.6 Å². The number of hydrogen-bond donors (Lipinski definition) is 0. The van der Waals surface area contributed by atoms with E-state index in [9.17, 15) is 19.8 Å². The molecule has 7 rings (SSSR count). The number of carboxylic acid groups (broad SMARTS) is 2. The Morgan fingerprint density at radius 1 is 0.420 bits per heavy atom. The van der Waals surface area contributed by atoms with Crippen molar-refractivity contribution in [2.75, 3.05) is 0 Å². The zero-order valence-corrected chi connectivity index (χ0v) is 27.8. The molecule has 0 saturated heterocycles. The quantitative estimate of drug-likeness (QED) is 0.0936. The van der Waals surface area contributed by atoms with Crippen molar-refractivity contribution in [1.82, 2.24) is 19.9 Å². The van der Waals surface area contributed by atoms with Crippen molar-refractivity contribution in [3.63, 3.8) is 0 Å². The summed E-state index contributed by atoms with van der Waals surface area (Å²) in [4.78, 5) is 37.4. The Bertz CT molecular complexity index is 1740. The molecule has 22 N–H and O–H groups in total. The summed E-state index contributed by atoms with van der Waals surface area (Å²) in [5.41, 5.74) is 3.91. The molecule has 1 radical (unpaired) electrons. The minimum Gasteiger partial charge on any atom is -0.544 e. The number of thiophene rings is 1. The molecule has 50 heavy (non-hydrogen) atoms. The average molecular weight is 768 g/mol. The number of hydrogen-bond acceptors (Lipinski definition) is 9. The molecule has 5 heterocycles. The number of aromatic nitrogens is 4. The first-order chi connectivity index (χ1) is 19.0. The van der Waals surface area contributed by atoms with Crippen molar-refractivity contribution < 1.29 is 91.6 Å². The standard InChI is InChI=1S/2C12H8N2.C6H4O4S.Mn.10H2O/c2*1-3-9-5-6-10-4-2-8-14-12(10)11(9)13-7-1;7-5(8)3-1-2-4(11-3)6(9)10;;;;;;;;;;;/h2*1-8H;1-2H,(H,7,8)(H,9,10);;10*1H2/q;;;+2;;;;;;;;;;. The van der Waals surface area contributed by atoms with Gasteiger partial charge in [0.2, 0.25) is 0 Å². The van der Waals surface area contributed by atoms with Gasteiger partial charge in [0.25, 0.3) is 0 Å². The Labute approximate surface area is 297 Å². The van der Waals surface area contributed by atoms with E-state index in [0.717, 1.165) is 43.6 Å². The van der Waals surface area contributed by atoms with Crippen LogP contribution in [0, 0.1) is 0 Å². The number of pyridine rings is 4. The third-order valence-corrected chi connectivity index (χ3v) is 6.74. The molecule has 275 valence electrons. The van der Waals surface area contributed by atoms with Crippen LogP contribution in [0.4, 0.5) is 0 Å². The maximum absolute atomic E-state index is 10.1. The number of fused-ring (bicyclic) bond motifs is 6. The maximum Gasteiger partial charge on any atom is 2.00 e. The topological polar surface area (TPSA) is 450 Å². The van der Waals surface area contributed by atoms with Gasteiger partial charge in [0.15, 0.2) is 0 Å². The van der Waals surface area contributed by atoms with E-state index in [0.29, 0.717) is 11.3 Å². The predicted octanol–water partition coefficient (Wildman–Crippen LogP) is -4.40. The molecular formula is C30H40MnN4O14S+2. The van der Waals surface area contributed by atoms with Gasteiger partial charge in [-0.25, -0.2) is 0 Å². The molecule has 0 aliphatic heterocycles. The fourth-order valence-corrected chi connectivity index (χ4v) is 4.59. The van der Waals surface area contributed by atoms with Gasteiger partial charge in [0.1, 0.15) is 0 Å². The fourth-order valence-electron chi connectivity index (χ4n) is 3.92. The van der Waals surface area contributed by atoms with Crippen LogP contribution >= 0.6 is 11.3 Å². The summed E-state index contributed by atoms with van der Waals surface area (Å²) in [5.74, 6) is -2.75. The Balaban J connectivity index is -0.000000101. The van der Waals surface area contributed by atoms with E-state index >= 15 is 0 Å². The van der Waals surface area contributed by atoms with E-state index in [-0.39, 0.29) is 81.6 Å². The van der Waals surface area contributed by atoms with E-state index in [1.807, 2.05) is 24.3 Å². The van der Waals surface area contributed by atoms with Crippen LogP contribution in [0.3, 0.4) is 0 Å².